The first-order valence-electron chi connectivity index (χ1n) is 7.77. The minimum Gasteiger partial charge on any atom is -0.305 e. The molecule has 0 radical (unpaired) electrons. The zero-order chi connectivity index (χ0) is 15.1. The van der Waals surface area contributed by atoms with Gasteiger partial charge in [0.05, 0.1) is 11.3 Å². The molecule has 0 fully saturated rings. The number of hydrogen-bond acceptors (Lipinski definition) is 2. The Morgan fingerprint density at radius 3 is 2.19 bits per heavy atom. The molecule has 114 valence electrons. The van der Waals surface area contributed by atoms with Gasteiger partial charge < -0.3 is 4.90 Å². The third kappa shape index (κ3) is 4.16. The van der Waals surface area contributed by atoms with Gasteiger partial charge in [-0.1, -0.05) is 60.2 Å². The predicted molar refractivity (Wildman–Crippen MR) is 89.2 cm³/mol. The Labute approximate surface area is 134 Å². The highest BCUT2D eigenvalue weighted by atomic mass is 79.9. The number of Topliss-reactive ketones (excluding diaryl/α,β-unsaturated/α-hetero) is 1. The highest BCUT2D eigenvalue weighted by Gasteiger charge is 2.34. The average Bonchev–Trinajstić information content (AvgIpc) is 2.75. The summed E-state index contributed by atoms with van der Waals surface area (Å²) in [5.74, 6) is -0.728. The molecular weight excluding hydrogens is 330 g/mol. The molecule has 0 saturated heterocycles. The molecule has 0 spiro atoms. The Balaban J connectivity index is 1.72. The van der Waals surface area contributed by atoms with Crippen LogP contribution in [-0.4, -0.2) is 23.6 Å². The van der Waals surface area contributed by atoms with Crippen LogP contribution in [0, 0.1) is 0 Å². The lowest BCUT2D eigenvalue weighted by molar-refractivity contribution is -0.114. The van der Waals surface area contributed by atoms with Crippen molar-refractivity contribution in [2.45, 2.75) is 44.9 Å². The summed E-state index contributed by atoms with van der Waals surface area (Å²) >= 11 is 3.44. The number of para-hydroxylation sites is 1. The fourth-order valence-electron chi connectivity index (χ4n) is 2.72. The number of alkyl halides is 1. The van der Waals surface area contributed by atoms with Crippen molar-refractivity contribution in [1.82, 2.24) is 0 Å². The fourth-order valence-corrected chi connectivity index (χ4v) is 3.11. The molecule has 0 N–H and O–H groups in total. The van der Waals surface area contributed by atoms with E-state index in [1.807, 2.05) is 12.1 Å². The van der Waals surface area contributed by atoms with Gasteiger partial charge in [-0.3, -0.25) is 9.59 Å². The molecule has 1 aliphatic heterocycles. The summed E-state index contributed by atoms with van der Waals surface area (Å²) in [4.78, 5) is 25.5. The van der Waals surface area contributed by atoms with E-state index < -0.39 is 0 Å². The van der Waals surface area contributed by atoms with Crippen LogP contribution in [0.5, 0.6) is 0 Å². The van der Waals surface area contributed by atoms with Crippen molar-refractivity contribution in [3.8, 4) is 0 Å². The number of fused-ring (bicyclic) bond motifs is 1. The van der Waals surface area contributed by atoms with Crippen molar-refractivity contribution in [2.24, 2.45) is 0 Å². The second-order valence-corrected chi connectivity index (χ2v) is 6.26. The number of hydrogen-bond donors (Lipinski definition) is 0. The summed E-state index contributed by atoms with van der Waals surface area (Å²) in [6, 6.07) is 7.28. The number of carbonyl (C=O) groups excluding carboxylic acids is 2. The Bertz CT molecular complexity index is 501. The molecule has 0 unspecified atom stereocenters. The van der Waals surface area contributed by atoms with Crippen molar-refractivity contribution < 1.29 is 9.59 Å². The van der Waals surface area contributed by atoms with E-state index >= 15 is 0 Å². The number of anilines is 1. The number of carbonyl (C=O) groups is 2. The van der Waals surface area contributed by atoms with Crippen LogP contribution in [0.2, 0.25) is 0 Å². The number of unbranched alkanes of at least 4 members (excludes halogenated alkanes) is 6. The van der Waals surface area contributed by atoms with Gasteiger partial charge in [0.25, 0.3) is 11.7 Å². The summed E-state index contributed by atoms with van der Waals surface area (Å²) in [5.41, 5.74) is 1.34. The quantitative estimate of drug-likeness (QED) is 0.377. The number of amides is 1. The Kier molecular flexibility index (Phi) is 6.43. The van der Waals surface area contributed by atoms with Gasteiger partial charge >= 0.3 is 0 Å². The number of ketones is 1. The molecule has 3 nitrogen and oxygen atoms in total. The molecule has 0 bridgehead atoms. The molecule has 1 aromatic rings. The van der Waals surface area contributed by atoms with Crippen LogP contribution in [0.3, 0.4) is 0 Å². The molecule has 1 aromatic carbocycles. The zero-order valence-corrected chi connectivity index (χ0v) is 13.9. The van der Waals surface area contributed by atoms with Gasteiger partial charge in [0, 0.05) is 11.9 Å². The average molecular weight is 352 g/mol. The first-order valence-corrected chi connectivity index (χ1v) is 8.89. The molecule has 0 atom stereocenters. The minimum absolute atomic E-state index is 0.361. The van der Waals surface area contributed by atoms with Crippen LogP contribution in [0.15, 0.2) is 24.3 Å². The van der Waals surface area contributed by atoms with E-state index in [1.165, 1.54) is 32.1 Å². The third-order valence-electron chi connectivity index (χ3n) is 3.89. The summed E-state index contributed by atoms with van der Waals surface area (Å²) in [6.45, 7) is 0.656. The second-order valence-electron chi connectivity index (χ2n) is 5.47. The van der Waals surface area contributed by atoms with Crippen LogP contribution >= 0.6 is 15.9 Å². The molecule has 21 heavy (non-hydrogen) atoms. The molecule has 1 heterocycles. The Morgan fingerprint density at radius 2 is 1.48 bits per heavy atom. The lowest BCUT2D eigenvalue weighted by Gasteiger charge is -2.16. The lowest BCUT2D eigenvalue weighted by Crippen LogP contribution is -2.30. The first kappa shape index (κ1) is 16.2. The van der Waals surface area contributed by atoms with E-state index in [9.17, 15) is 9.59 Å². The number of nitrogens with zero attached hydrogens (tertiary/aromatic N) is 1. The highest BCUT2D eigenvalue weighted by Crippen LogP contribution is 2.28. The standard InChI is InChI=1S/C17H22BrNO2/c18-12-8-4-2-1-3-5-9-13-19-15-11-7-6-10-14(15)16(20)17(19)21/h6-7,10-11H,1-5,8-9,12-13H2. The van der Waals surface area contributed by atoms with Gasteiger partial charge in [-0.2, -0.15) is 0 Å². The smallest absolute Gasteiger partial charge is 0.299 e. The van der Waals surface area contributed by atoms with E-state index in [-0.39, 0.29) is 11.7 Å². The minimum atomic E-state index is -0.367. The lowest BCUT2D eigenvalue weighted by atomic mass is 10.1. The van der Waals surface area contributed by atoms with E-state index in [0.717, 1.165) is 23.9 Å². The number of rotatable bonds is 9. The number of halogens is 1. The fraction of sp³-hybridized carbons (Fsp3) is 0.529. The SMILES string of the molecule is O=C1C(=O)N(CCCCCCCCCBr)c2ccccc21. The maximum absolute atomic E-state index is 12.0. The molecule has 1 amide bonds. The van der Waals surface area contributed by atoms with Crippen molar-refractivity contribution in [3.05, 3.63) is 29.8 Å². The van der Waals surface area contributed by atoms with Crippen molar-refractivity contribution in [2.75, 3.05) is 16.8 Å². The molecule has 0 saturated carbocycles. The molecular formula is C17H22BrNO2. The van der Waals surface area contributed by atoms with Gasteiger partial charge in [-0.05, 0) is 25.0 Å². The summed E-state index contributed by atoms with van der Waals surface area (Å²) in [6.07, 6.45) is 8.38. The molecule has 4 heteroatoms. The van der Waals surface area contributed by atoms with Crippen LogP contribution < -0.4 is 4.90 Å². The highest BCUT2D eigenvalue weighted by molar-refractivity contribution is 9.09. The van der Waals surface area contributed by atoms with Crippen LogP contribution in [0.1, 0.15) is 55.3 Å². The normalized spacial score (nSPS) is 13.9. The summed E-state index contributed by atoms with van der Waals surface area (Å²) < 4.78 is 0. The zero-order valence-electron chi connectivity index (χ0n) is 12.3. The second kappa shape index (κ2) is 8.32. The van der Waals surface area contributed by atoms with Gasteiger partial charge in [0.2, 0.25) is 0 Å². The van der Waals surface area contributed by atoms with Crippen LogP contribution in [-0.2, 0) is 4.79 Å². The van der Waals surface area contributed by atoms with Crippen molar-refractivity contribution in [3.63, 3.8) is 0 Å². The van der Waals surface area contributed by atoms with E-state index in [0.29, 0.717) is 12.1 Å². The first-order chi connectivity index (χ1) is 10.3. The van der Waals surface area contributed by atoms with Gasteiger partial charge in [0.1, 0.15) is 0 Å². The summed E-state index contributed by atoms with van der Waals surface area (Å²) in [7, 11) is 0. The molecule has 1 aliphatic rings. The Morgan fingerprint density at radius 1 is 0.857 bits per heavy atom. The monoisotopic (exact) mass is 351 g/mol. The topological polar surface area (TPSA) is 37.4 Å². The maximum Gasteiger partial charge on any atom is 0.299 e. The molecule has 0 aromatic heterocycles. The van der Waals surface area contributed by atoms with Gasteiger partial charge in [-0.15, -0.1) is 0 Å². The van der Waals surface area contributed by atoms with E-state index in [4.69, 9.17) is 0 Å². The van der Waals surface area contributed by atoms with Crippen molar-refractivity contribution in [1.29, 1.82) is 0 Å². The van der Waals surface area contributed by atoms with Gasteiger partial charge in [-0.25, -0.2) is 0 Å². The van der Waals surface area contributed by atoms with Gasteiger partial charge in [0.15, 0.2) is 0 Å². The summed E-state index contributed by atoms with van der Waals surface area (Å²) in [5, 5.41) is 1.09. The molecule has 2 rings (SSSR count). The maximum atomic E-state index is 12.0. The third-order valence-corrected chi connectivity index (χ3v) is 4.45. The van der Waals surface area contributed by atoms with E-state index in [1.54, 1.807) is 17.0 Å². The van der Waals surface area contributed by atoms with E-state index in [2.05, 4.69) is 15.9 Å². The predicted octanol–water partition coefficient (Wildman–Crippen LogP) is 4.34. The molecule has 0 aliphatic carbocycles. The Hall–Kier alpha value is -1.16. The number of benzene rings is 1. The largest absolute Gasteiger partial charge is 0.305 e. The van der Waals surface area contributed by atoms with Crippen LogP contribution in [0.25, 0.3) is 0 Å². The van der Waals surface area contributed by atoms with Crippen LogP contribution in [0.4, 0.5) is 5.69 Å². The van der Waals surface area contributed by atoms with Crippen molar-refractivity contribution >= 4 is 33.3 Å².